The Hall–Kier alpha value is -5.68. The van der Waals surface area contributed by atoms with Gasteiger partial charge in [0.1, 0.15) is 120 Å². The van der Waals surface area contributed by atoms with Gasteiger partial charge in [0.2, 0.25) is 18.3 Å². The van der Waals surface area contributed by atoms with Crippen LogP contribution in [0.15, 0.2) is 63.8 Å². The Balaban J connectivity index is 1.18. The smallest absolute Gasteiger partial charge is 0.330 e. The molecule has 0 radical (unpaired) electrons. The zero-order valence-electron chi connectivity index (χ0n) is 35.9. The monoisotopic (exact) mass is 962 g/mol. The summed E-state index contributed by atoms with van der Waals surface area (Å²) in [5.74, 6) is -2.78. The molecule has 0 bridgehead atoms. The predicted octanol–water partition coefficient (Wildman–Crippen LogP) is -2.97. The molecule has 13 N–H and O–H groups in total. The van der Waals surface area contributed by atoms with Crippen molar-refractivity contribution in [3.8, 4) is 45.8 Å². The number of phenols is 2. The van der Waals surface area contributed by atoms with Crippen LogP contribution in [0.1, 0.15) is 17.2 Å². The average Bonchev–Trinajstić information content (AvgIpc) is 3.33. The van der Waals surface area contributed by atoms with E-state index in [0.29, 0.717) is 5.56 Å². The molecule has 0 aliphatic carbocycles. The van der Waals surface area contributed by atoms with Crippen molar-refractivity contribution in [3.05, 3.63) is 76.0 Å². The largest absolute Gasteiger partial charge is 0.506 e. The van der Waals surface area contributed by atoms with Crippen molar-refractivity contribution < 1.29 is 113 Å². The van der Waals surface area contributed by atoms with Crippen molar-refractivity contribution in [3.63, 3.8) is 0 Å². The lowest BCUT2D eigenvalue weighted by Crippen LogP contribution is -2.60. The van der Waals surface area contributed by atoms with Gasteiger partial charge >= 0.3 is 5.97 Å². The van der Waals surface area contributed by atoms with Gasteiger partial charge in [-0.05, 0) is 48.0 Å². The fraction of sp³-hybridized carbons (Fsp3) is 0.455. The molecule has 0 amide bonds. The number of hydrogen-bond acceptors (Lipinski definition) is 24. The van der Waals surface area contributed by atoms with E-state index in [2.05, 4.69) is 0 Å². The maximum Gasteiger partial charge on any atom is 0.330 e. The van der Waals surface area contributed by atoms with Gasteiger partial charge in [0.25, 0.3) is 0 Å². The number of fused-ring (bicyclic) bond motifs is 1. The fourth-order valence-corrected chi connectivity index (χ4v) is 7.81. The number of esters is 1. The number of carbonyl (C=O) groups is 1. The summed E-state index contributed by atoms with van der Waals surface area (Å²) in [5, 5.41) is 137. The third-order valence-corrected chi connectivity index (χ3v) is 11.6. The number of aromatic hydroxyl groups is 2. The molecule has 0 unspecified atom stereocenters. The van der Waals surface area contributed by atoms with Crippen molar-refractivity contribution in [1.29, 1.82) is 0 Å². The van der Waals surface area contributed by atoms with Gasteiger partial charge in [-0.2, -0.15) is 0 Å². The molecule has 68 heavy (non-hydrogen) atoms. The van der Waals surface area contributed by atoms with Crippen LogP contribution in [0.5, 0.6) is 34.5 Å². The highest BCUT2D eigenvalue weighted by molar-refractivity contribution is 5.89. The molecule has 7 rings (SSSR count). The number of carbonyl (C=O) groups excluding carboxylic acids is 1. The van der Waals surface area contributed by atoms with E-state index in [-0.39, 0.29) is 34.3 Å². The Morgan fingerprint density at radius 2 is 1.18 bits per heavy atom. The van der Waals surface area contributed by atoms with Gasteiger partial charge in [0, 0.05) is 23.8 Å². The molecule has 0 saturated carbocycles. The summed E-state index contributed by atoms with van der Waals surface area (Å²) in [6.45, 7) is -2.33. The molecule has 15 atom stereocenters. The molecule has 4 aromatic rings. The molecule has 4 heterocycles. The molecule has 3 aromatic carbocycles. The quantitative estimate of drug-likeness (QED) is 0.0443. The molecule has 24 nitrogen and oxygen atoms in total. The van der Waals surface area contributed by atoms with Gasteiger partial charge in [-0.25, -0.2) is 4.79 Å². The van der Waals surface area contributed by atoms with E-state index in [0.717, 1.165) is 18.2 Å². The van der Waals surface area contributed by atoms with Crippen LogP contribution in [-0.2, 0) is 23.7 Å². The lowest BCUT2D eigenvalue weighted by molar-refractivity contribution is -0.279. The molecule has 3 aliphatic rings. The first-order chi connectivity index (χ1) is 32.4. The van der Waals surface area contributed by atoms with E-state index >= 15 is 0 Å². The summed E-state index contributed by atoms with van der Waals surface area (Å²) in [5.41, 5.74) is -1.30. The second kappa shape index (κ2) is 20.9. The Labute approximate surface area is 383 Å². The molecular weight excluding hydrogens is 912 g/mol. The lowest BCUT2D eigenvalue weighted by Gasteiger charge is -2.42. The van der Waals surface area contributed by atoms with E-state index in [1.807, 2.05) is 0 Å². The second-order valence-electron chi connectivity index (χ2n) is 15.9. The highest BCUT2D eigenvalue weighted by Crippen LogP contribution is 2.46. The molecule has 3 fully saturated rings. The van der Waals surface area contributed by atoms with Gasteiger partial charge in [-0.1, -0.05) is 0 Å². The summed E-state index contributed by atoms with van der Waals surface area (Å²) >= 11 is 0. The van der Waals surface area contributed by atoms with Crippen LogP contribution in [-0.4, -0.2) is 192 Å². The van der Waals surface area contributed by atoms with Crippen LogP contribution in [0.4, 0.5) is 0 Å². The van der Waals surface area contributed by atoms with Crippen LogP contribution in [0.2, 0.25) is 0 Å². The lowest BCUT2D eigenvalue weighted by atomic mass is 9.89. The van der Waals surface area contributed by atoms with Gasteiger partial charge in [0.15, 0.2) is 16.9 Å². The SMILES string of the molecule is COc1cc(/C=C/C(=O)OC[C@H]2O[C@@H](Oc3cc4oc(-c5ccc(O[C@@H]6O[C@H](CO)[C@@H](O)[C@H](O)[C@H]6O)cc5)cc(=O)c4c(O)c3[C@@H]3O[C@H](CO)[C@@H](O)[C@H](O)[C@H]3O)[C@H](O)[C@@H](O)[C@@H]2O)cc(OC)c1O. The molecule has 370 valence electrons. The van der Waals surface area contributed by atoms with Crippen LogP contribution < -0.4 is 24.4 Å². The number of methoxy groups -OCH3 is 2. The first-order valence-corrected chi connectivity index (χ1v) is 20.8. The molecular formula is C44H50O24. The first kappa shape index (κ1) is 50.2. The zero-order valence-corrected chi connectivity index (χ0v) is 35.9. The summed E-state index contributed by atoms with van der Waals surface area (Å²) in [7, 11) is 2.61. The van der Waals surface area contributed by atoms with Crippen molar-refractivity contribution in [2.45, 2.75) is 91.9 Å². The summed E-state index contributed by atoms with van der Waals surface area (Å²) in [4.78, 5) is 26.6. The Bertz CT molecular complexity index is 2470. The Morgan fingerprint density at radius 3 is 1.76 bits per heavy atom. The van der Waals surface area contributed by atoms with Gasteiger partial charge in [-0.3, -0.25) is 4.79 Å². The maximum absolute atomic E-state index is 13.8. The van der Waals surface area contributed by atoms with Gasteiger partial charge in [-0.15, -0.1) is 0 Å². The van der Waals surface area contributed by atoms with Crippen LogP contribution in [0, 0.1) is 0 Å². The predicted molar refractivity (Wildman–Crippen MR) is 225 cm³/mol. The number of phenolic OH excluding ortho intramolecular Hbond substituents is 2. The third-order valence-electron chi connectivity index (χ3n) is 11.6. The molecule has 24 heteroatoms. The van der Waals surface area contributed by atoms with Crippen LogP contribution >= 0.6 is 0 Å². The number of aliphatic hydroxyl groups is 11. The van der Waals surface area contributed by atoms with E-state index in [1.54, 1.807) is 0 Å². The average molecular weight is 963 g/mol. The maximum atomic E-state index is 13.8. The van der Waals surface area contributed by atoms with Crippen LogP contribution in [0.25, 0.3) is 28.4 Å². The summed E-state index contributed by atoms with van der Waals surface area (Å²) < 4.78 is 50.0. The van der Waals surface area contributed by atoms with Gasteiger partial charge < -0.3 is 109 Å². The summed E-state index contributed by atoms with van der Waals surface area (Å²) in [6, 6.07) is 10.3. The highest BCUT2D eigenvalue weighted by Gasteiger charge is 2.49. The van der Waals surface area contributed by atoms with E-state index in [9.17, 15) is 76.0 Å². The van der Waals surface area contributed by atoms with Gasteiger partial charge in [0.05, 0.1) is 33.0 Å². The number of aliphatic hydroxyl groups excluding tert-OH is 11. The highest BCUT2D eigenvalue weighted by atomic mass is 16.7. The molecule has 3 aliphatic heterocycles. The standard InChI is InChI=1S/C44H50O24/c1-60-23-9-16(10-24(61-2)31(23)49)3-8-28(48)62-15-27-34(52)38(56)41(59)44(68-27)66-22-12-21-29(35(53)30(22)42-39(57)36(54)32(50)25(13-45)65-42)19(47)11-20(64-21)17-4-6-18(7-5-17)63-43-40(58)37(55)33(51)26(14-46)67-43/h3-12,25-27,32-34,36-46,49-59H,13-15H2,1-2H3/b8-3+/t25-,26-,27-,32-,33-,34-,36+,37+,38+,39-,40-,41-,42+,43-,44-/m1/s1. The number of ether oxygens (including phenoxy) is 8. The second-order valence-corrected chi connectivity index (χ2v) is 15.9. The number of benzene rings is 3. The summed E-state index contributed by atoms with van der Waals surface area (Å²) in [6.07, 6.45) is -24.5. The minimum Gasteiger partial charge on any atom is -0.506 e. The third kappa shape index (κ3) is 9.91. The fourth-order valence-electron chi connectivity index (χ4n) is 7.81. The van der Waals surface area contributed by atoms with Crippen molar-refractivity contribution in [1.82, 2.24) is 0 Å². The first-order valence-electron chi connectivity index (χ1n) is 20.8. The minimum absolute atomic E-state index is 0.0437. The van der Waals surface area contributed by atoms with Crippen molar-refractivity contribution in [2.75, 3.05) is 34.0 Å². The van der Waals surface area contributed by atoms with Crippen molar-refractivity contribution in [2.24, 2.45) is 0 Å². The zero-order chi connectivity index (χ0) is 49.3. The normalized spacial score (nSPS) is 31.9. The van der Waals surface area contributed by atoms with Crippen molar-refractivity contribution >= 4 is 23.0 Å². The molecule has 3 saturated heterocycles. The number of rotatable bonds is 14. The van der Waals surface area contributed by atoms with E-state index in [4.69, 9.17) is 42.3 Å². The Kier molecular flexibility index (Phi) is 15.4. The minimum atomic E-state index is -2.08. The Morgan fingerprint density at radius 1 is 0.632 bits per heavy atom. The topological polar surface area (TPSA) is 384 Å². The number of hydrogen-bond donors (Lipinski definition) is 13. The molecule has 1 aromatic heterocycles. The van der Waals surface area contributed by atoms with E-state index in [1.165, 1.54) is 56.7 Å². The van der Waals surface area contributed by atoms with E-state index < -0.39 is 151 Å². The molecule has 0 spiro atoms. The van der Waals surface area contributed by atoms with Crippen LogP contribution in [0.3, 0.4) is 0 Å².